The van der Waals surface area contributed by atoms with E-state index in [0.717, 1.165) is 23.9 Å². The first-order chi connectivity index (χ1) is 7.71. The summed E-state index contributed by atoms with van der Waals surface area (Å²) in [6.45, 7) is 0. The van der Waals surface area contributed by atoms with Crippen LogP contribution in [0.3, 0.4) is 0 Å². The van der Waals surface area contributed by atoms with Gasteiger partial charge in [-0.05, 0) is 12.1 Å². The van der Waals surface area contributed by atoms with Crippen molar-refractivity contribution in [3.05, 3.63) is 22.2 Å². The summed E-state index contributed by atoms with van der Waals surface area (Å²) in [7, 11) is -4.71. The van der Waals surface area contributed by atoms with Gasteiger partial charge in [0.05, 0.1) is 20.9 Å². The summed E-state index contributed by atoms with van der Waals surface area (Å²) >= 11 is 12.1. The summed E-state index contributed by atoms with van der Waals surface area (Å²) in [6.07, 6.45) is 0. The number of rotatable bonds is 4. The van der Waals surface area contributed by atoms with Crippen LogP contribution in [0.4, 0.5) is 0 Å². The molecular formula is C8H4Cl2Na2O5S2. The van der Waals surface area contributed by atoms with Crippen molar-refractivity contribution in [2.75, 3.05) is 5.75 Å². The Bertz CT molecular complexity index is 565. The maximum atomic E-state index is 10.8. The van der Waals surface area contributed by atoms with Crippen molar-refractivity contribution in [2.45, 2.75) is 9.79 Å². The average molecular weight is 361 g/mol. The van der Waals surface area contributed by atoms with Crippen molar-refractivity contribution in [3.63, 3.8) is 0 Å². The molecule has 0 aliphatic rings. The molecule has 11 heteroatoms. The van der Waals surface area contributed by atoms with Crippen molar-refractivity contribution < 1.29 is 82.0 Å². The summed E-state index contributed by atoms with van der Waals surface area (Å²) in [4.78, 5) is 9.86. The van der Waals surface area contributed by atoms with Crippen LogP contribution in [-0.4, -0.2) is 24.7 Å². The Labute approximate surface area is 168 Å². The van der Waals surface area contributed by atoms with Crippen molar-refractivity contribution in [1.29, 1.82) is 0 Å². The Morgan fingerprint density at radius 1 is 1.21 bits per heavy atom. The van der Waals surface area contributed by atoms with Crippen LogP contribution < -0.4 is 64.2 Å². The molecule has 1 aromatic carbocycles. The number of carbonyl (C=O) groups excluding carboxylic acids is 1. The van der Waals surface area contributed by atoms with E-state index in [4.69, 9.17) is 23.2 Å². The zero-order chi connectivity index (χ0) is 13.2. The second-order valence-corrected chi connectivity index (χ2v) is 6.01. The van der Waals surface area contributed by atoms with E-state index >= 15 is 0 Å². The van der Waals surface area contributed by atoms with Crippen LogP contribution in [0.15, 0.2) is 21.9 Å². The topological polar surface area (TPSA) is 97.3 Å². The third-order valence-electron chi connectivity index (χ3n) is 1.60. The number of hydrogen-bond donors (Lipinski definition) is 0. The van der Waals surface area contributed by atoms with E-state index in [9.17, 15) is 22.9 Å². The van der Waals surface area contributed by atoms with E-state index in [1.807, 2.05) is 0 Å². The molecule has 0 N–H and O–H groups in total. The number of hydrogen-bond acceptors (Lipinski definition) is 6. The van der Waals surface area contributed by atoms with E-state index < -0.39 is 21.0 Å². The predicted molar refractivity (Wildman–Crippen MR) is 60.2 cm³/mol. The van der Waals surface area contributed by atoms with Gasteiger partial charge in [-0.25, -0.2) is 8.42 Å². The second-order valence-electron chi connectivity index (χ2n) is 2.83. The van der Waals surface area contributed by atoms with Gasteiger partial charge in [-0.15, -0.1) is 11.8 Å². The quantitative estimate of drug-likeness (QED) is 0.302. The molecule has 1 aromatic rings. The SMILES string of the molecule is O=C([O-])CSc1cc(Cl)c(S(=O)(=O)[O-])cc1Cl.[Na+].[Na+]. The van der Waals surface area contributed by atoms with E-state index in [1.54, 1.807) is 0 Å². The zero-order valence-electron chi connectivity index (χ0n) is 9.98. The van der Waals surface area contributed by atoms with Gasteiger partial charge in [0.15, 0.2) is 0 Å². The van der Waals surface area contributed by atoms with Gasteiger partial charge in [-0.3, -0.25) is 0 Å². The van der Waals surface area contributed by atoms with Crippen LogP contribution in [0.25, 0.3) is 0 Å². The average Bonchev–Trinajstić information content (AvgIpc) is 2.17. The second kappa shape index (κ2) is 9.53. The summed E-state index contributed by atoms with van der Waals surface area (Å²) in [5.41, 5.74) is 0. The first kappa shape index (κ1) is 22.8. The van der Waals surface area contributed by atoms with Gasteiger partial charge in [0.25, 0.3) is 0 Å². The van der Waals surface area contributed by atoms with Crippen molar-refractivity contribution in [1.82, 2.24) is 0 Å². The summed E-state index contributed by atoms with van der Waals surface area (Å²) in [5.74, 6) is -1.66. The number of carboxylic acids is 1. The molecular weight excluding hydrogens is 357 g/mol. The first-order valence-electron chi connectivity index (χ1n) is 3.99. The summed E-state index contributed by atoms with van der Waals surface area (Å²) < 4.78 is 32.3. The van der Waals surface area contributed by atoms with Gasteiger partial charge < -0.3 is 14.5 Å². The fourth-order valence-electron chi connectivity index (χ4n) is 0.949. The van der Waals surface area contributed by atoms with Gasteiger partial charge in [0.1, 0.15) is 10.1 Å². The Balaban J connectivity index is 0. The monoisotopic (exact) mass is 360 g/mol. The molecule has 0 fully saturated rings. The van der Waals surface area contributed by atoms with Crippen LogP contribution in [0, 0.1) is 0 Å². The molecule has 0 spiro atoms. The van der Waals surface area contributed by atoms with Crippen LogP contribution in [-0.2, 0) is 14.9 Å². The van der Waals surface area contributed by atoms with Gasteiger partial charge >= 0.3 is 59.1 Å². The van der Waals surface area contributed by atoms with Gasteiger partial charge in [0, 0.05) is 10.6 Å². The van der Waals surface area contributed by atoms with Crippen molar-refractivity contribution in [3.8, 4) is 0 Å². The van der Waals surface area contributed by atoms with Crippen LogP contribution in [0.1, 0.15) is 0 Å². The third kappa shape index (κ3) is 7.37. The van der Waals surface area contributed by atoms with Crippen LogP contribution >= 0.6 is 35.0 Å². The minimum absolute atomic E-state index is 0. The molecule has 0 saturated carbocycles. The number of carbonyl (C=O) groups is 1. The first-order valence-corrected chi connectivity index (χ1v) is 7.14. The zero-order valence-corrected chi connectivity index (χ0v) is 17.1. The molecule has 0 aromatic heterocycles. The number of thioether (sulfide) groups is 1. The molecule has 1 rings (SSSR count). The Morgan fingerprint density at radius 2 is 1.74 bits per heavy atom. The van der Waals surface area contributed by atoms with Gasteiger partial charge in [-0.1, -0.05) is 23.2 Å². The normalized spacial score (nSPS) is 10.3. The number of aliphatic carboxylic acids is 1. The van der Waals surface area contributed by atoms with Crippen molar-refractivity contribution >= 4 is 51.1 Å². The van der Waals surface area contributed by atoms with E-state index in [-0.39, 0.29) is 79.8 Å². The number of halogens is 2. The van der Waals surface area contributed by atoms with E-state index in [1.165, 1.54) is 0 Å². The number of carboxylic acid groups (broad SMARTS) is 1. The Hall–Kier alpha value is 1.53. The largest absolute Gasteiger partial charge is 1.00 e. The number of benzene rings is 1. The maximum absolute atomic E-state index is 10.8. The molecule has 5 nitrogen and oxygen atoms in total. The predicted octanol–water partition coefficient (Wildman–Crippen LogP) is -5.25. The van der Waals surface area contributed by atoms with Gasteiger partial charge in [0.2, 0.25) is 0 Å². The fraction of sp³-hybridized carbons (Fsp3) is 0.125. The molecule has 0 aliphatic heterocycles. The Kier molecular flexibility index (Phi) is 11.4. The third-order valence-corrected chi connectivity index (χ3v) is 4.36. The molecule has 0 saturated heterocycles. The van der Waals surface area contributed by atoms with Gasteiger partial charge in [-0.2, -0.15) is 0 Å². The molecule has 19 heavy (non-hydrogen) atoms. The molecule has 0 aliphatic carbocycles. The molecule has 0 radical (unpaired) electrons. The summed E-state index contributed by atoms with van der Waals surface area (Å²) in [6, 6.07) is 2.02. The molecule has 0 heterocycles. The molecule has 0 atom stereocenters. The molecule has 0 amide bonds. The summed E-state index contributed by atoms with van der Waals surface area (Å²) in [5, 5.41) is 9.88. The molecule has 0 bridgehead atoms. The minimum Gasteiger partial charge on any atom is -0.744 e. The molecule has 0 unspecified atom stereocenters. The minimum atomic E-state index is -4.71. The van der Waals surface area contributed by atoms with E-state index in [0.29, 0.717) is 0 Å². The van der Waals surface area contributed by atoms with Crippen molar-refractivity contribution in [2.24, 2.45) is 0 Å². The Morgan fingerprint density at radius 3 is 2.16 bits per heavy atom. The van der Waals surface area contributed by atoms with Crippen LogP contribution in [0.5, 0.6) is 0 Å². The van der Waals surface area contributed by atoms with E-state index in [2.05, 4.69) is 0 Å². The molecule has 94 valence electrons. The smallest absolute Gasteiger partial charge is 0.744 e. The maximum Gasteiger partial charge on any atom is 1.00 e. The standard InChI is InChI=1S/C8H6Cl2O5S2.2Na/c9-4-2-7(17(13,14)15)5(10)1-6(4)16-3-8(11)12;;/h1-2H,3H2,(H,11,12)(H,13,14,15);;/q;2*+1/p-2. The van der Waals surface area contributed by atoms with Crippen LogP contribution in [0.2, 0.25) is 10.0 Å². The fourth-order valence-corrected chi connectivity index (χ4v) is 3.08.